The van der Waals surface area contributed by atoms with Crippen LogP contribution in [-0.4, -0.2) is 41.0 Å². The number of carbonyl (C=O) groups is 1. The minimum Gasteiger partial charge on any atom is -0.361 e. The van der Waals surface area contributed by atoms with E-state index in [4.69, 9.17) is 0 Å². The zero-order valence-corrected chi connectivity index (χ0v) is 15.3. The molecule has 0 saturated heterocycles. The van der Waals surface area contributed by atoms with Crippen LogP contribution in [0.25, 0.3) is 16.5 Å². The van der Waals surface area contributed by atoms with Crippen LogP contribution < -0.4 is 5.32 Å². The minimum absolute atomic E-state index is 0.0732. The van der Waals surface area contributed by atoms with Crippen molar-refractivity contribution in [3.8, 4) is 0 Å². The molecule has 1 aliphatic carbocycles. The first-order valence-electron chi connectivity index (χ1n) is 9.47. The fraction of sp³-hybridized carbons (Fsp3) is 0.476. The van der Waals surface area contributed by atoms with Gasteiger partial charge < -0.3 is 10.3 Å². The highest BCUT2D eigenvalue weighted by atomic mass is 16.2. The largest absolute Gasteiger partial charge is 0.361 e. The lowest BCUT2D eigenvalue weighted by Gasteiger charge is -2.41. The Labute approximate surface area is 149 Å². The Morgan fingerprint density at radius 3 is 3.00 bits per heavy atom. The Hall–Kier alpha value is -2.07. The van der Waals surface area contributed by atoms with E-state index in [9.17, 15) is 4.79 Å². The van der Waals surface area contributed by atoms with Crippen molar-refractivity contribution < 1.29 is 4.79 Å². The molecular weight excluding hydrogens is 310 g/mol. The van der Waals surface area contributed by atoms with Crippen LogP contribution in [0, 0.1) is 5.92 Å². The number of fused-ring (bicyclic) bond motifs is 2. The first-order valence-corrected chi connectivity index (χ1v) is 9.47. The third kappa shape index (κ3) is 2.69. The van der Waals surface area contributed by atoms with Gasteiger partial charge in [0.25, 0.3) is 0 Å². The monoisotopic (exact) mass is 337 g/mol. The normalized spacial score (nSPS) is 23.9. The van der Waals surface area contributed by atoms with E-state index >= 15 is 0 Å². The summed E-state index contributed by atoms with van der Waals surface area (Å²) < 4.78 is 0. The van der Waals surface area contributed by atoms with E-state index in [1.165, 1.54) is 27.6 Å². The number of carbonyl (C=O) groups excluding carboxylic acids is 1. The number of nitrogens with one attached hydrogen (secondary N) is 2. The van der Waals surface area contributed by atoms with Crippen LogP contribution in [0.15, 0.2) is 30.5 Å². The number of amides is 1. The van der Waals surface area contributed by atoms with Crippen molar-refractivity contribution in [2.75, 3.05) is 13.1 Å². The first-order chi connectivity index (χ1) is 12.1. The van der Waals surface area contributed by atoms with E-state index in [0.717, 1.165) is 25.9 Å². The van der Waals surface area contributed by atoms with Crippen LogP contribution in [0.2, 0.25) is 0 Å². The third-order valence-corrected chi connectivity index (χ3v) is 5.87. The van der Waals surface area contributed by atoms with E-state index in [0.29, 0.717) is 6.04 Å². The summed E-state index contributed by atoms with van der Waals surface area (Å²) in [5.74, 6) is 0.0849. The SMILES string of the molecule is CC[C@@H](C)NC(=O)[C@@H]1C=C2c3cccc4[nH]cc(c34)CC2N(CC)C1. The lowest BCUT2D eigenvalue weighted by atomic mass is 9.79. The van der Waals surface area contributed by atoms with Crippen molar-refractivity contribution in [1.29, 1.82) is 0 Å². The van der Waals surface area contributed by atoms with Crippen molar-refractivity contribution in [3.05, 3.63) is 41.6 Å². The van der Waals surface area contributed by atoms with E-state index in [1.54, 1.807) is 0 Å². The highest BCUT2D eigenvalue weighted by molar-refractivity contribution is 5.99. The maximum absolute atomic E-state index is 12.8. The number of nitrogens with zero attached hydrogens (tertiary/aromatic N) is 1. The second-order valence-corrected chi connectivity index (χ2v) is 7.40. The summed E-state index contributed by atoms with van der Waals surface area (Å²) >= 11 is 0. The van der Waals surface area contributed by atoms with Crippen molar-refractivity contribution in [2.45, 2.75) is 45.7 Å². The Balaban J connectivity index is 1.76. The molecule has 0 spiro atoms. The summed E-state index contributed by atoms with van der Waals surface area (Å²) in [6, 6.07) is 7.06. The Kier molecular flexibility index (Phi) is 4.16. The molecule has 1 aromatic heterocycles. The van der Waals surface area contributed by atoms with Gasteiger partial charge in [-0.15, -0.1) is 0 Å². The molecule has 2 aromatic rings. The average molecular weight is 337 g/mol. The van der Waals surface area contributed by atoms with Gasteiger partial charge in [-0.3, -0.25) is 9.69 Å². The first kappa shape index (κ1) is 16.4. The summed E-state index contributed by atoms with van der Waals surface area (Å²) in [5.41, 5.74) is 5.22. The predicted molar refractivity (Wildman–Crippen MR) is 102 cm³/mol. The van der Waals surface area contributed by atoms with Gasteiger partial charge in [0, 0.05) is 35.7 Å². The molecule has 0 radical (unpaired) electrons. The molecule has 0 fully saturated rings. The van der Waals surface area contributed by atoms with Gasteiger partial charge in [-0.2, -0.15) is 0 Å². The summed E-state index contributed by atoms with van der Waals surface area (Å²) in [7, 11) is 0. The van der Waals surface area contributed by atoms with Crippen molar-refractivity contribution in [2.24, 2.45) is 5.92 Å². The molecule has 1 aliphatic heterocycles. The highest BCUT2D eigenvalue weighted by Gasteiger charge is 2.36. The molecule has 2 N–H and O–H groups in total. The molecule has 4 rings (SSSR count). The third-order valence-electron chi connectivity index (χ3n) is 5.87. The van der Waals surface area contributed by atoms with Crippen molar-refractivity contribution >= 4 is 22.4 Å². The quantitative estimate of drug-likeness (QED) is 0.899. The number of H-pyrrole nitrogens is 1. The smallest absolute Gasteiger partial charge is 0.228 e. The minimum atomic E-state index is -0.0732. The number of likely N-dealkylation sites (N-methyl/N-ethyl adjacent to an activating group) is 1. The van der Waals surface area contributed by atoms with E-state index in [-0.39, 0.29) is 17.9 Å². The van der Waals surface area contributed by atoms with E-state index in [2.05, 4.69) is 66.4 Å². The number of rotatable bonds is 4. The van der Waals surface area contributed by atoms with Crippen LogP contribution in [-0.2, 0) is 11.2 Å². The van der Waals surface area contributed by atoms with Gasteiger partial charge in [0.05, 0.1) is 5.92 Å². The number of benzene rings is 1. The average Bonchev–Trinajstić information content (AvgIpc) is 3.05. The standard InChI is InChI=1S/C21H27N3O/c1-4-13(3)23-21(25)15-9-17-16-7-6-8-18-20(16)14(11-22-18)10-19(17)24(5-2)12-15/h6-9,11,13,15,19,22H,4-5,10,12H2,1-3H3,(H,23,25)/t13-,15-,19?/m1/s1. The van der Waals surface area contributed by atoms with E-state index < -0.39 is 0 Å². The van der Waals surface area contributed by atoms with Gasteiger partial charge in [-0.05, 0) is 49.1 Å². The molecule has 0 bridgehead atoms. The molecule has 2 heterocycles. The zero-order valence-electron chi connectivity index (χ0n) is 15.3. The van der Waals surface area contributed by atoms with Crippen LogP contribution in [0.4, 0.5) is 0 Å². The van der Waals surface area contributed by atoms with Crippen molar-refractivity contribution in [1.82, 2.24) is 15.2 Å². The van der Waals surface area contributed by atoms with Gasteiger partial charge in [0.15, 0.2) is 0 Å². The van der Waals surface area contributed by atoms with Crippen LogP contribution in [0.5, 0.6) is 0 Å². The van der Waals surface area contributed by atoms with Crippen molar-refractivity contribution in [3.63, 3.8) is 0 Å². The maximum Gasteiger partial charge on any atom is 0.228 e. The molecule has 132 valence electrons. The number of hydrogen-bond acceptors (Lipinski definition) is 2. The molecule has 2 aliphatic rings. The molecule has 4 nitrogen and oxygen atoms in total. The zero-order chi connectivity index (χ0) is 17.6. The van der Waals surface area contributed by atoms with Gasteiger partial charge in [0.2, 0.25) is 5.91 Å². The van der Waals surface area contributed by atoms with Gasteiger partial charge >= 0.3 is 0 Å². The summed E-state index contributed by atoms with van der Waals surface area (Å²) in [6.45, 7) is 8.14. The number of aromatic amines is 1. The second-order valence-electron chi connectivity index (χ2n) is 7.40. The fourth-order valence-corrected chi connectivity index (χ4v) is 4.29. The molecule has 1 amide bonds. The van der Waals surface area contributed by atoms with Crippen LogP contribution >= 0.6 is 0 Å². The lowest BCUT2D eigenvalue weighted by molar-refractivity contribution is -0.125. The lowest BCUT2D eigenvalue weighted by Crippen LogP contribution is -2.49. The molecule has 3 atom stereocenters. The van der Waals surface area contributed by atoms with Crippen LogP contribution in [0.3, 0.4) is 0 Å². The van der Waals surface area contributed by atoms with E-state index in [1.807, 2.05) is 0 Å². The van der Waals surface area contributed by atoms with Gasteiger partial charge in [0.1, 0.15) is 0 Å². The summed E-state index contributed by atoms with van der Waals surface area (Å²) in [4.78, 5) is 18.6. The predicted octanol–water partition coefficient (Wildman–Crippen LogP) is 3.34. The molecule has 25 heavy (non-hydrogen) atoms. The molecule has 1 unspecified atom stereocenters. The number of aromatic nitrogens is 1. The molecule has 4 heteroatoms. The maximum atomic E-state index is 12.8. The molecule has 1 aromatic carbocycles. The Bertz CT molecular complexity index is 835. The summed E-state index contributed by atoms with van der Waals surface area (Å²) in [5, 5.41) is 4.50. The molecular formula is C21H27N3O. The Morgan fingerprint density at radius 1 is 1.40 bits per heavy atom. The van der Waals surface area contributed by atoms with Gasteiger partial charge in [-0.1, -0.05) is 32.1 Å². The van der Waals surface area contributed by atoms with Crippen LogP contribution in [0.1, 0.15) is 38.3 Å². The summed E-state index contributed by atoms with van der Waals surface area (Å²) in [6.07, 6.45) is 6.37. The molecule has 0 saturated carbocycles. The highest BCUT2D eigenvalue weighted by Crippen LogP contribution is 2.41. The van der Waals surface area contributed by atoms with Gasteiger partial charge in [-0.25, -0.2) is 0 Å². The number of hydrogen-bond donors (Lipinski definition) is 2. The fourth-order valence-electron chi connectivity index (χ4n) is 4.29. The Morgan fingerprint density at radius 2 is 2.24 bits per heavy atom. The topological polar surface area (TPSA) is 48.1 Å². The second kappa shape index (κ2) is 6.34.